The summed E-state index contributed by atoms with van der Waals surface area (Å²) in [5.41, 5.74) is 6.03. The summed E-state index contributed by atoms with van der Waals surface area (Å²) in [6.07, 6.45) is 4.92. The van der Waals surface area contributed by atoms with E-state index in [0.29, 0.717) is 10.7 Å². The monoisotopic (exact) mass is 266 g/mol. The summed E-state index contributed by atoms with van der Waals surface area (Å²) in [4.78, 5) is 22.6. The topological polar surface area (TPSA) is 92.4 Å². The molecule has 94 valence electrons. The number of carboxylic acids is 1. The number of hydrogen-bond donors (Lipinski definition) is 3. The van der Waals surface area contributed by atoms with Gasteiger partial charge in [0, 0.05) is 22.7 Å². The Morgan fingerprint density at radius 2 is 2.17 bits per heavy atom. The molecule has 0 fully saturated rings. The maximum Gasteiger partial charge on any atom is 0.327 e. The summed E-state index contributed by atoms with van der Waals surface area (Å²) < 4.78 is 0. The van der Waals surface area contributed by atoms with Crippen molar-refractivity contribution >= 4 is 29.2 Å². The van der Waals surface area contributed by atoms with E-state index in [1.54, 1.807) is 0 Å². The molecule has 18 heavy (non-hydrogen) atoms. The van der Waals surface area contributed by atoms with E-state index in [1.165, 1.54) is 18.2 Å². The average Bonchev–Trinajstić information content (AvgIpc) is 2.26. The fraction of sp³-hybridized carbons (Fsp3) is 0.167. The van der Waals surface area contributed by atoms with Crippen LogP contribution in [-0.4, -0.2) is 23.0 Å². The van der Waals surface area contributed by atoms with Gasteiger partial charge in [-0.3, -0.25) is 4.79 Å². The summed E-state index contributed by atoms with van der Waals surface area (Å²) in [6, 6.07) is 3.13. The van der Waals surface area contributed by atoms with Crippen LogP contribution in [0.4, 0.5) is 5.69 Å². The Bertz CT molecular complexity index is 502. The number of nitrogens with two attached hydrogens (primary N) is 1. The average molecular weight is 267 g/mol. The normalized spacial score (nSPS) is 11.3. The van der Waals surface area contributed by atoms with Crippen molar-refractivity contribution in [2.24, 2.45) is 0 Å². The van der Waals surface area contributed by atoms with Gasteiger partial charge in [0.1, 0.15) is 6.04 Å². The number of carboxylic acid groups (broad SMARTS) is 1. The molecule has 1 amide bonds. The highest BCUT2D eigenvalue weighted by Gasteiger charge is 2.19. The van der Waals surface area contributed by atoms with Gasteiger partial charge in [-0.25, -0.2) is 4.79 Å². The Kier molecular flexibility index (Phi) is 4.58. The molecule has 1 rings (SSSR count). The van der Waals surface area contributed by atoms with Crippen molar-refractivity contribution in [1.82, 2.24) is 5.32 Å². The number of carbonyl (C=O) groups excluding carboxylic acids is 1. The number of benzene rings is 1. The predicted molar refractivity (Wildman–Crippen MR) is 68.2 cm³/mol. The lowest BCUT2D eigenvalue weighted by atomic mass is 10.1. The number of nitrogen functional groups attached to an aromatic ring is 1. The third kappa shape index (κ3) is 3.68. The summed E-state index contributed by atoms with van der Waals surface area (Å²) in [6.45, 7) is 0. The molecule has 1 atom stereocenters. The van der Waals surface area contributed by atoms with Crippen molar-refractivity contribution in [3.05, 3.63) is 28.8 Å². The summed E-state index contributed by atoms with van der Waals surface area (Å²) >= 11 is 5.75. The van der Waals surface area contributed by atoms with Crippen LogP contribution in [0.15, 0.2) is 18.2 Å². The Hall–Kier alpha value is -2.19. The second-order valence-corrected chi connectivity index (χ2v) is 3.98. The van der Waals surface area contributed by atoms with Crippen LogP contribution in [0.2, 0.25) is 5.02 Å². The minimum Gasteiger partial charge on any atom is -0.480 e. The fourth-order valence-electron chi connectivity index (χ4n) is 1.30. The van der Waals surface area contributed by atoms with Crippen molar-refractivity contribution in [2.45, 2.75) is 12.5 Å². The van der Waals surface area contributed by atoms with Gasteiger partial charge in [0.15, 0.2) is 0 Å². The van der Waals surface area contributed by atoms with Crippen molar-refractivity contribution in [1.29, 1.82) is 0 Å². The van der Waals surface area contributed by atoms with Crippen molar-refractivity contribution < 1.29 is 14.7 Å². The van der Waals surface area contributed by atoms with E-state index in [2.05, 4.69) is 11.2 Å². The Morgan fingerprint density at radius 3 is 2.67 bits per heavy atom. The second-order valence-electron chi connectivity index (χ2n) is 3.55. The Balaban J connectivity index is 2.87. The molecule has 0 aliphatic heterocycles. The van der Waals surface area contributed by atoms with Crippen LogP contribution in [0.25, 0.3) is 0 Å². The first-order chi connectivity index (χ1) is 8.43. The zero-order valence-electron chi connectivity index (χ0n) is 9.31. The number of nitrogens with one attached hydrogen (secondary N) is 1. The zero-order chi connectivity index (χ0) is 13.7. The van der Waals surface area contributed by atoms with E-state index in [4.69, 9.17) is 28.9 Å². The van der Waals surface area contributed by atoms with E-state index in [1.807, 2.05) is 0 Å². The Labute approximate surface area is 109 Å². The van der Waals surface area contributed by atoms with Crippen LogP contribution in [0.5, 0.6) is 0 Å². The lowest BCUT2D eigenvalue weighted by molar-refractivity contribution is -0.139. The molecule has 0 saturated carbocycles. The van der Waals surface area contributed by atoms with Crippen molar-refractivity contribution in [2.75, 3.05) is 5.73 Å². The lowest BCUT2D eigenvalue weighted by Gasteiger charge is -2.12. The van der Waals surface area contributed by atoms with Gasteiger partial charge in [-0.1, -0.05) is 11.6 Å². The molecular formula is C12H11ClN2O3. The van der Waals surface area contributed by atoms with Crippen LogP contribution in [0, 0.1) is 12.3 Å². The highest BCUT2D eigenvalue weighted by atomic mass is 35.5. The number of amides is 1. The molecule has 1 aromatic rings. The molecule has 0 saturated heterocycles. The predicted octanol–water partition coefficient (Wildman–Crippen LogP) is 1.13. The molecule has 1 unspecified atom stereocenters. The first kappa shape index (κ1) is 13.9. The van der Waals surface area contributed by atoms with Gasteiger partial charge < -0.3 is 16.2 Å². The molecule has 0 aromatic heterocycles. The van der Waals surface area contributed by atoms with Crippen LogP contribution < -0.4 is 11.1 Å². The van der Waals surface area contributed by atoms with E-state index in [9.17, 15) is 9.59 Å². The zero-order valence-corrected chi connectivity index (χ0v) is 10.1. The Morgan fingerprint density at radius 1 is 1.50 bits per heavy atom. The van der Waals surface area contributed by atoms with Gasteiger partial charge in [0.05, 0.1) is 0 Å². The first-order valence-corrected chi connectivity index (χ1v) is 5.35. The van der Waals surface area contributed by atoms with E-state index >= 15 is 0 Å². The molecule has 0 aliphatic carbocycles. The molecule has 0 aliphatic rings. The largest absolute Gasteiger partial charge is 0.480 e. The molecule has 0 spiro atoms. The van der Waals surface area contributed by atoms with Crippen molar-refractivity contribution in [3.8, 4) is 12.3 Å². The molecule has 5 nitrogen and oxygen atoms in total. The summed E-state index contributed by atoms with van der Waals surface area (Å²) in [7, 11) is 0. The number of carbonyl (C=O) groups is 2. The van der Waals surface area contributed by atoms with E-state index in [0.717, 1.165) is 0 Å². The van der Waals surface area contributed by atoms with E-state index in [-0.39, 0.29) is 12.0 Å². The third-order valence-corrected chi connectivity index (χ3v) is 2.33. The number of hydrogen-bond acceptors (Lipinski definition) is 3. The standard InChI is InChI=1S/C12H11ClN2O3/c1-2-3-10(12(17)18)15-11(16)7-4-8(13)6-9(14)5-7/h1,4-6,10H,3,14H2,(H,15,16)(H,17,18). The minimum absolute atomic E-state index is 0.100. The van der Waals surface area contributed by atoms with Gasteiger partial charge in [-0.15, -0.1) is 12.3 Å². The lowest BCUT2D eigenvalue weighted by Crippen LogP contribution is -2.40. The van der Waals surface area contributed by atoms with Gasteiger partial charge in [0.25, 0.3) is 5.91 Å². The van der Waals surface area contributed by atoms with Gasteiger partial charge in [0.2, 0.25) is 0 Å². The number of anilines is 1. The van der Waals surface area contributed by atoms with Crippen LogP contribution in [-0.2, 0) is 4.79 Å². The second kappa shape index (κ2) is 5.94. The number of terminal acetylenes is 1. The maximum atomic E-state index is 11.8. The van der Waals surface area contributed by atoms with Gasteiger partial charge in [-0.2, -0.15) is 0 Å². The molecule has 6 heteroatoms. The van der Waals surface area contributed by atoms with Gasteiger partial charge >= 0.3 is 5.97 Å². The number of halogens is 1. The van der Waals surface area contributed by atoms with Crippen LogP contribution in [0.3, 0.4) is 0 Å². The van der Waals surface area contributed by atoms with Crippen LogP contribution in [0.1, 0.15) is 16.8 Å². The minimum atomic E-state index is -1.20. The smallest absolute Gasteiger partial charge is 0.327 e. The molecule has 0 bridgehead atoms. The van der Waals surface area contributed by atoms with Crippen molar-refractivity contribution in [3.63, 3.8) is 0 Å². The highest BCUT2D eigenvalue weighted by Crippen LogP contribution is 2.16. The summed E-state index contributed by atoms with van der Waals surface area (Å²) in [5.74, 6) is 0.394. The summed E-state index contributed by atoms with van der Waals surface area (Å²) in [5, 5.41) is 11.4. The first-order valence-electron chi connectivity index (χ1n) is 4.97. The third-order valence-electron chi connectivity index (χ3n) is 2.11. The molecular weight excluding hydrogens is 256 g/mol. The number of aliphatic carboxylic acids is 1. The number of rotatable bonds is 4. The molecule has 1 aromatic carbocycles. The quantitative estimate of drug-likeness (QED) is 0.563. The fourth-order valence-corrected chi connectivity index (χ4v) is 1.55. The molecule has 0 heterocycles. The van der Waals surface area contributed by atoms with Crippen LogP contribution >= 0.6 is 11.6 Å². The highest BCUT2D eigenvalue weighted by molar-refractivity contribution is 6.31. The maximum absolute atomic E-state index is 11.8. The van der Waals surface area contributed by atoms with Gasteiger partial charge in [-0.05, 0) is 18.2 Å². The SMILES string of the molecule is C#CCC(NC(=O)c1cc(N)cc(Cl)c1)C(=O)O. The molecule has 4 N–H and O–H groups in total. The van der Waals surface area contributed by atoms with E-state index < -0.39 is 17.9 Å². The molecule has 0 radical (unpaired) electrons.